The molecule has 1 N–H and O–H groups in total. The van der Waals surface area contributed by atoms with E-state index in [1.807, 2.05) is 24.4 Å². The SMILES string of the molecule is CC(C)c1nc2c(-c3nnc[nH]3)cc(N3CCOCC3)cc2n1-c1ccnc2c(Cl)cccc12. The van der Waals surface area contributed by atoms with E-state index in [0.29, 0.717) is 24.1 Å². The summed E-state index contributed by atoms with van der Waals surface area (Å²) in [5.41, 5.74) is 5.69. The van der Waals surface area contributed by atoms with Gasteiger partial charge in [-0.1, -0.05) is 37.6 Å². The van der Waals surface area contributed by atoms with Gasteiger partial charge in [0.1, 0.15) is 17.7 Å². The zero-order chi connectivity index (χ0) is 23.2. The van der Waals surface area contributed by atoms with Gasteiger partial charge in [-0.25, -0.2) is 4.98 Å². The smallest absolute Gasteiger partial charge is 0.163 e. The van der Waals surface area contributed by atoms with Crippen LogP contribution in [0.2, 0.25) is 5.02 Å². The van der Waals surface area contributed by atoms with Gasteiger partial charge in [0.05, 0.1) is 35.0 Å². The van der Waals surface area contributed by atoms with Crippen LogP contribution in [0.3, 0.4) is 0 Å². The number of ether oxygens (including phenoxy) is 1. The van der Waals surface area contributed by atoms with E-state index in [0.717, 1.165) is 57.8 Å². The van der Waals surface area contributed by atoms with E-state index in [9.17, 15) is 0 Å². The summed E-state index contributed by atoms with van der Waals surface area (Å²) in [6.45, 7) is 7.40. The third-order valence-corrected chi connectivity index (χ3v) is 6.58. The number of pyridine rings is 1. The Morgan fingerprint density at radius 2 is 1.94 bits per heavy atom. The molecular weight excluding hydrogens is 450 g/mol. The fraction of sp³-hybridized carbons (Fsp3) is 0.280. The minimum Gasteiger partial charge on any atom is -0.378 e. The molecule has 0 radical (unpaired) electrons. The van der Waals surface area contributed by atoms with Gasteiger partial charge >= 0.3 is 0 Å². The minimum absolute atomic E-state index is 0.184. The molecule has 6 rings (SSSR count). The molecule has 0 amide bonds. The van der Waals surface area contributed by atoms with Crippen LogP contribution in [0.4, 0.5) is 5.69 Å². The molecule has 1 fully saturated rings. The number of para-hydroxylation sites is 1. The van der Waals surface area contributed by atoms with Crippen molar-refractivity contribution in [2.45, 2.75) is 19.8 Å². The third kappa shape index (κ3) is 3.41. The van der Waals surface area contributed by atoms with Crippen LogP contribution in [0.5, 0.6) is 0 Å². The number of morpholine rings is 1. The van der Waals surface area contributed by atoms with E-state index >= 15 is 0 Å². The lowest BCUT2D eigenvalue weighted by Crippen LogP contribution is -2.36. The molecule has 0 unspecified atom stereocenters. The van der Waals surface area contributed by atoms with E-state index in [2.05, 4.69) is 61.7 Å². The maximum absolute atomic E-state index is 6.51. The highest BCUT2D eigenvalue weighted by Crippen LogP contribution is 2.37. The number of aromatic amines is 1. The lowest BCUT2D eigenvalue weighted by molar-refractivity contribution is 0.122. The Hall–Kier alpha value is -3.49. The largest absolute Gasteiger partial charge is 0.378 e. The first-order valence-electron chi connectivity index (χ1n) is 11.4. The van der Waals surface area contributed by atoms with Crippen molar-refractivity contribution >= 4 is 39.2 Å². The number of hydrogen-bond acceptors (Lipinski definition) is 6. The molecule has 172 valence electrons. The molecule has 4 heterocycles. The summed E-state index contributed by atoms with van der Waals surface area (Å²) in [6, 6.07) is 12.3. The minimum atomic E-state index is 0.184. The monoisotopic (exact) mass is 473 g/mol. The number of rotatable bonds is 4. The van der Waals surface area contributed by atoms with E-state index in [-0.39, 0.29) is 5.92 Å². The fourth-order valence-corrected chi connectivity index (χ4v) is 4.89. The van der Waals surface area contributed by atoms with Crippen LogP contribution in [-0.2, 0) is 4.74 Å². The average molecular weight is 474 g/mol. The van der Waals surface area contributed by atoms with Crippen LogP contribution in [0, 0.1) is 0 Å². The van der Waals surface area contributed by atoms with Crippen molar-refractivity contribution in [2.24, 2.45) is 0 Å². The summed E-state index contributed by atoms with van der Waals surface area (Å²) in [7, 11) is 0. The van der Waals surface area contributed by atoms with E-state index in [4.69, 9.17) is 21.3 Å². The van der Waals surface area contributed by atoms with E-state index in [1.165, 1.54) is 0 Å². The highest BCUT2D eigenvalue weighted by Gasteiger charge is 2.23. The number of H-pyrrole nitrogens is 1. The number of fused-ring (bicyclic) bond motifs is 2. The average Bonchev–Trinajstić information content (AvgIpc) is 3.52. The number of halogens is 1. The van der Waals surface area contributed by atoms with Gasteiger partial charge in [-0.3, -0.25) is 9.55 Å². The summed E-state index contributed by atoms with van der Waals surface area (Å²) in [6.07, 6.45) is 3.41. The quantitative estimate of drug-likeness (QED) is 0.396. The molecule has 9 heteroatoms. The van der Waals surface area contributed by atoms with Gasteiger partial charge < -0.3 is 14.6 Å². The van der Waals surface area contributed by atoms with E-state index in [1.54, 1.807) is 6.33 Å². The van der Waals surface area contributed by atoms with Gasteiger partial charge in [0.15, 0.2) is 5.82 Å². The molecule has 5 aromatic rings. The van der Waals surface area contributed by atoms with Crippen molar-refractivity contribution in [3.63, 3.8) is 0 Å². The molecule has 1 saturated heterocycles. The summed E-state index contributed by atoms with van der Waals surface area (Å²) >= 11 is 6.51. The van der Waals surface area contributed by atoms with Gasteiger partial charge in [-0.15, -0.1) is 10.2 Å². The molecule has 8 nitrogen and oxygen atoms in total. The molecule has 0 saturated carbocycles. The Labute approximate surface area is 201 Å². The van der Waals surface area contributed by atoms with Crippen LogP contribution in [0.15, 0.2) is 48.9 Å². The predicted molar refractivity (Wildman–Crippen MR) is 134 cm³/mol. The summed E-state index contributed by atoms with van der Waals surface area (Å²) in [5, 5.41) is 9.95. The van der Waals surface area contributed by atoms with E-state index < -0.39 is 0 Å². The highest BCUT2D eigenvalue weighted by atomic mass is 35.5. The molecule has 2 aromatic carbocycles. The normalized spacial score (nSPS) is 14.5. The molecule has 0 bridgehead atoms. The van der Waals surface area contributed by atoms with Crippen molar-refractivity contribution in [1.82, 2.24) is 29.7 Å². The number of anilines is 1. The second kappa shape index (κ2) is 8.38. The second-order valence-corrected chi connectivity index (χ2v) is 9.13. The Morgan fingerprint density at radius 3 is 2.71 bits per heavy atom. The van der Waals surface area contributed by atoms with Gasteiger partial charge in [0.25, 0.3) is 0 Å². The number of hydrogen-bond donors (Lipinski definition) is 1. The molecule has 34 heavy (non-hydrogen) atoms. The first kappa shape index (κ1) is 21.1. The van der Waals surface area contributed by atoms with Gasteiger partial charge in [-0.05, 0) is 24.3 Å². The Morgan fingerprint density at radius 1 is 1.09 bits per heavy atom. The van der Waals surface area contributed by atoms with Crippen LogP contribution in [0.1, 0.15) is 25.6 Å². The molecule has 0 atom stereocenters. The number of nitrogens with one attached hydrogen (secondary N) is 1. The molecule has 0 spiro atoms. The van der Waals surface area contributed by atoms with Crippen molar-refractivity contribution in [3.8, 4) is 17.1 Å². The van der Waals surface area contributed by atoms with Crippen LogP contribution < -0.4 is 4.90 Å². The van der Waals surface area contributed by atoms with Crippen LogP contribution in [0.25, 0.3) is 39.0 Å². The molecular formula is C25H24ClN7O. The number of imidazole rings is 1. The Bertz CT molecular complexity index is 1490. The standard InChI is InChI=1S/C25H24ClN7O/c1-15(2)25-30-23-18(24-28-14-29-31-24)12-16(32-8-10-34-11-9-32)13-21(23)33(25)20-6-7-27-22-17(20)4-3-5-19(22)26/h3-7,12-15H,8-11H2,1-2H3,(H,28,29,31). The molecule has 3 aromatic heterocycles. The molecule has 0 aliphatic carbocycles. The number of benzene rings is 2. The van der Waals surface area contributed by atoms with Gasteiger partial charge in [0.2, 0.25) is 0 Å². The molecule has 1 aliphatic rings. The number of nitrogens with zero attached hydrogens (tertiary/aromatic N) is 6. The van der Waals surface area contributed by atoms with Crippen molar-refractivity contribution in [1.29, 1.82) is 0 Å². The zero-order valence-corrected chi connectivity index (χ0v) is 19.8. The highest BCUT2D eigenvalue weighted by molar-refractivity contribution is 6.35. The Balaban J connectivity index is 1.70. The lowest BCUT2D eigenvalue weighted by atomic mass is 10.1. The Kier molecular flexibility index (Phi) is 5.19. The van der Waals surface area contributed by atoms with Crippen LogP contribution >= 0.6 is 11.6 Å². The van der Waals surface area contributed by atoms with Gasteiger partial charge in [-0.2, -0.15) is 0 Å². The number of aromatic nitrogens is 6. The first-order valence-corrected chi connectivity index (χ1v) is 11.8. The van der Waals surface area contributed by atoms with Crippen molar-refractivity contribution < 1.29 is 4.74 Å². The fourth-order valence-electron chi connectivity index (χ4n) is 4.66. The van der Waals surface area contributed by atoms with Crippen molar-refractivity contribution in [2.75, 3.05) is 31.2 Å². The summed E-state index contributed by atoms with van der Waals surface area (Å²) in [5.74, 6) is 1.84. The third-order valence-electron chi connectivity index (χ3n) is 6.28. The summed E-state index contributed by atoms with van der Waals surface area (Å²) < 4.78 is 7.83. The maximum Gasteiger partial charge on any atom is 0.163 e. The molecule has 1 aliphatic heterocycles. The van der Waals surface area contributed by atoms with Crippen LogP contribution in [-0.4, -0.2) is 56.0 Å². The lowest BCUT2D eigenvalue weighted by Gasteiger charge is -2.29. The first-order chi connectivity index (χ1) is 16.6. The zero-order valence-electron chi connectivity index (χ0n) is 19.0. The topological polar surface area (TPSA) is 84.8 Å². The maximum atomic E-state index is 6.51. The van der Waals surface area contributed by atoms with Crippen molar-refractivity contribution in [3.05, 3.63) is 59.8 Å². The predicted octanol–water partition coefficient (Wildman–Crippen LogP) is 4.97. The summed E-state index contributed by atoms with van der Waals surface area (Å²) in [4.78, 5) is 15.2. The van der Waals surface area contributed by atoms with Gasteiger partial charge in [0, 0.05) is 41.8 Å². The second-order valence-electron chi connectivity index (χ2n) is 8.72.